The zero-order chi connectivity index (χ0) is 10.7. The Hall–Kier alpha value is -1.35. The van der Waals surface area contributed by atoms with Crippen LogP contribution in [0.15, 0.2) is 47.2 Å². The highest BCUT2D eigenvalue weighted by atomic mass is 79.9. The molecule has 0 amide bonds. The van der Waals surface area contributed by atoms with Crippen LogP contribution in [0.3, 0.4) is 0 Å². The first-order valence-corrected chi connectivity index (χ1v) is 5.48. The average molecular weight is 263 g/mol. The zero-order valence-electron chi connectivity index (χ0n) is 8.15. The van der Waals surface area contributed by atoms with E-state index in [-0.39, 0.29) is 0 Å². The van der Waals surface area contributed by atoms with Gasteiger partial charge in [-0.3, -0.25) is 4.98 Å². The Kier molecular flexibility index (Phi) is 3.02. The van der Waals surface area contributed by atoms with E-state index in [2.05, 4.69) is 20.9 Å². The summed E-state index contributed by atoms with van der Waals surface area (Å²) in [6, 6.07) is 9.98. The van der Waals surface area contributed by atoms with Gasteiger partial charge in [-0.1, -0.05) is 22.0 Å². The second kappa shape index (κ2) is 4.45. The summed E-state index contributed by atoms with van der Waals surface area (Å²) in [7, 11) is 0. The van der Waals surface area contributed by atoms with Crippen molar-refractivity contribution >= 4 is 21.6 Å². The number of nitrogens with two attached hydrogens (primary N) is 1. The summed E-state index contributed by atoms with van der Waals surface area (Å²) in [5.74, 6) is 0. The molecule has 0 unspecified atom stereocenters. The molecule has 2 aromatic rings. The van der Waals surface area contributed by atoms with Crippen molar-refractivity contribution in [3.05, 3.63) is 58.3 Å². The normalized spacial score (nSPS) is 10.2. The lowest BCUT2D eigenvalue weighted by Gasteiger charge is -2.05. The van der Waals surface area contributed by atoms with E-state index in [0.29, 0.717) is 0 Å². The van der Waals surface area contributed by atoms with Gasteiger partial charge in [-0.05, 0) is 41.8 Å². The van der Waals surface area contributed by atoms with Crippen LogP contribution in [0.25, 0.3) is 0 Å². The van der Waals surface area contributed by atoms with E-state index in [4.69, 9.17) is 5.73 Å². The van der Waals surface area contributed by atoms with Gasteiger partial charge in [0, 0.05) is 22.6 Å². The molecule has 15 heavy (non-hydrogen) atoms. The topological polar surface area (TPSA) is 38.9 Å². The molecule has 76 valence electrons. The number of nitrogen functional groups attached to an aromatic ring is 1. The number of nitrogens with zero attached hydrogens (tertiary/aromatic N) is 1. The van der Waals surface area contributed by atoms with Crippen LogP contribution >= 0.6 is 15.9 Å². The van der Waals surface area contributed by atoms with Crippen LogP contribution in [0.4, 0.5) is 5.69 Å². The van der Waals surface area contributed by atoms with E-state index in [1.807, 2.05) is 30.3 Å². The molecule has 0 saturated carbocycles. The second-order valence-electron chi connectivity index (χ2n) is 3.38. The Morgan fingerprint density at radius 2 is 1.87 bits per heavy atom. The van der Waals surface area contributed by atoms with E-state index in [0.717, 1.165) is 22.1 Å². The molecular formula is C12H11BrN2. The van der Waals surface area contributed by atoms with Crippen LogP contribution in [0.5, 0.6) is 0 Å². The van der Waals surface area contributed by atoms with Crippen molar-refractivity contribution in [2.24, 2.45) is 0 Å². The van der Waals surface area contributed by atoms with E-state index in [9.17, 15) is 0 Å². The molecular weight excluding hydrogens is 252 g/mol. The van der Waals surface area contributed by atoms with Crippen LogP contribution in [0.2, 0.25) is 0 Å². The molecule has 2 rings (SSSR count). The quantitative estimate of drug-likeness (QED) is 0.846. The Bertz CT molecular complexity index is 454. The van der Waals surface area contributed by atoms with Gasteiger partial charge >= 0.3 is 0 Å². The number of anilines is 1. The molecule has 0 bridgehead atoms. The van der Waals surface area contributed by atoms with E-state index in [1.54, 1.807) is 12.4 Å². The fraction of sp³-hybridized carbons (Fsp3) is 0.0833. The maximum absolute atomic E-state index is 5.92. The highest BCUT2D eigenvalue weighted by Crippen LogP contribution is 2.20. The number of hydrogen-bond donors (Lipinski definition) is 1. The first-order valence-electron chi connectivity index (χ1n) is 4.68. The molecule has 1 aromatic carbocycles. The van der Waals surface area contributed by atoms with Crippen LogP contribution in [-0.2, 0) is 6.42 Å². The van der Waals surface area contributed by atoms with Gasteiger partial charge in [0.05, 0.1) is 0 Å². The van der Waals surface area contributed by atoms with Crippen molar-refractivity contribution in [1.29, 1.82) is 0 Å². The second-order valence-corrected chi connectivity index (χ2v) is 4.29. The number of aromatic nitrogens is 1. The van der Waals surface area contributed by atoms with Gasteiger partial charge in [0.15, 0.2) is 0 Å². The predicted octanol–water partition coefficient (Wildman–Crippen LogP) is 3.02. The third-order valence-electron chi connectivity index (χ3n) is 2.25. The SMILES string of the molecule is Nc1cc(Br)ccc1Cc1ccncc1. The molecule has 0 radical (unpaired) electrons. The molecule has 3 heteroatoms. The van der Waals surface area contributed by atoms with Gasteiger partial charge in [0.1, 0.15) is 0 Å². The van der Waals surface area contributed by atoms with Crippen molar-refractivity contribution in [3.8, 4) is 0 Å². The van der Waals surface area contributed by atoms with Crippen molar-refractivity contribution in [3.63, 3.8) is 0 Å². The molecule has 2 nitrogen and oxygen atoms in total. The molecule has 0 saturated heterocycles. The minimum Gasteiger partial charge on any atom is -0.398 e. The van der Waals surface area contributed by atoms with E-state index < -0.39 is 0 Å². The predicted molar refractivity (Wildman–Crippen MR) is 65.6 cm³/mol. The van der Waals surface area contributed by atoms with Crippen molar-refractivity contribution in [1.82, 2.24) is 4.98 Å². The summed E-state index contributed by atoms with van der Waals surface area (Å²) < 4.78 is 1.01. The highest BCUT2D eigenvalue weighted by molar-refractivity contribution is 9.10. The number of pyridine rings is 1. The third kappa shape index (κ3) is 2.57. The van der Waals surface area contributed by atoms with Crippen molar-refractivity contribution < 1.29 is 0 Å². The molecule has 0 aliphatic heterocycles. The molecule has 0 spiro atoms. The summed E-state index contributed by atoms with van der Waals surface area (Å²) in [6.07, 6.45) is 4.44. The largest absolute Gasteiger partial charge is 0.398 e. The summed E-state index contributed by atoms with van der Waals surface area (Å²) >= 11 is 3.39. The summed E-state index contributed by atoms with van der Waals surface area (Å²) in [4.78, 5) is 3.98. The van der Waals surface area contributed by atoms with Gasteiger partial charge in [-0.2, -0.15) is 0 Å². The molecule has 0 aliphatic rings. The van der Waals surface area contributed by atoms with Gasteiger partial charge < -0.3 is 5.73 Å². The minimum absolute atomic E-state index is 0.821. The Balaban J connectivity index is 2.25. The van der Waals surface area contributed by atoms with Crippen LogP contribution in [0.1, 0.15) is 11.1 Å². The number of hydrogen-bond acceptors (Lipinski definition) is 2. The first kappa shape index (κ1) is 10.2. The fourth-order valence-electron chi connectivity index (χ4n) is 1.45. The van der Waals surface area contributed by atoms with Crippen LogP contribution in [0, 0.1) is 0 Å². The van der Waals surface area contributed by atoms with Gasteiger partial charge in [-0.25, -0.2) is 0 Å². The van der Waals surface area contributed by atoms with Gasteiger partial charge in [-0.15, -0.1) is 0 Å². The molecule has 1 aromatic heterocycles. The lowest BCUT2D eigenvalue weighted by Crippen LogP contribution is -1.95. The maximum atomic E-state index is 5.92. The van der Waals surface area contributed by atoms with Crippen molar-refractivity contribution in [2.75, 3.05) is 5.73 Å². The summed E-state index contributed by atoms with van der Waals surface area (Å²) in [5, 5.41) is 0. The van der Waals surface area contributed by atoms with E-state index >= 15 is 0 Å². The number of benzene rings is 1. The summed E-state index contributed by atoms with van der Waals surface area (Å²) in [5.41, 5.74) is 9.11. The Morgan fingerprint density at radius 1 is 1.13 bits per heavy atom. The summed E-state index contributed by atoms with van der Waals surface area (Å²) in [6.45, 7) is 0. The monoisotopic (exact) mass is 262 g/mol. The smallest absolute Gasteiger partial charge is 0.0361 e. The lowest BCUT2D eigenvalue weighted by molar-refractivity contribution is 1.16. The van der Waals surface area contributed by atoms with E-state index in [1.165, 1.54) is 5.56 Å². The minimum atomic E-state index is 0.821. The third-order valence-corrected chi connectivity index (χ3v) is 2.75. The van der Waals surface area contributed by atoms with Gasteiger partial charge in [0.25, 0.3) is 0 Å². The molecule has 1 heterocycles. The number of halogens is 1. The maximum Gasteiger partial charge on any atom is 0.0361 e. The fourth-order valence-corrected chi connectivity index (χ4v) is 1.83. The zero-order valence-corrected chi connectivity index (χ0v) is 9.74. The lowest BCUT2D eigenvalue weighted by atomic mass is 10.0. The Morgan fingerprint density at radius 3 is 2.53 bits per heavy atom. The van der Waals surface area contributed by atoms with Crippen LogP contribution < -0.4 is 5.73 Å². The number of rotatable bonds is 2. The standard InChI is InChI=1S/C12H11BrN2/c13-11-2-1-10(12(14)8-11)7-9-3-5-15-6-4-9/h1-6,8H,7,14H2. The average Bonchev–Trinajstić information content (AvgIpc) is 2.24. The highest BCUT2D eigenvalue weighted by Gasteiger charge is 2.00. The molecule has 0 atom stereocenters. The molecule has 0 aliphatic carbocycles. The first-order chi connectivity index (χ1) is 7.25. The van der Waals surface area contributed by atoms with Crippen LogP contribution in [-0.4, -0.2) is 4.98 Å². The van der Waals surface area contributed by atoms with Crippen molar-refractivity contribution in [2.45, 2.75) is 6.42 Å². The van der Waals surface area contributed by atoms with Gasteiger partial charge in [0.2, 0.25) is 0 Å². The molecule has 2 N–H and O–H groups in total. The Labute approximate surface area is 97.3 Å². The molecule has 0 fully saturated rings.